The molecule has 3 N–H and O–H groups in total. The van der Waals surface area contributed by atoms with Gasteiger partial charge in [0.2, 0.25) is 5.91 Å². The summed E-state index contributed by atoms with van der Waals surface area (Å²) in [5.74, 6) is 0.454. The van der Waals surface area contributed by atoms with Crippen LogP contribution in [0.5, 0.6) is 0 Å². The van der Waals surface area contributed by atoms with Crippen LogP contribution in [0.25, 0.3) is 10.6 Å². The number of halogens is 2. The number of aryl methyl sites for hydroxylation is 1. The van der Waals surface area contributed by atoms with E-state index >= 15 is 0 Å². The molecule has 26 heavy (non-hydrogen) atoms. The van der Waals surface area contributed by atoms with Gasteiger partial charge in [-0.15, -0.1) is 36.2 Å². The second-order valence-electron chi connectivity index (χ2n) is 7.10. The molecule has 0 saturated carbocycles. The smallest absolute Gasteiger partial charge is 0.226 e. The summed E-state index contributed by atoms with van der Waals surface area (Å²) < 4.78 is 0. The standard InChI is InChI=1S/C19H27N3OS.2ClH/c1-13(2)10-19(4,12-20)22-17(23)9-16-11-24-18(21-16)15-7-5-6-14(3)8-15;;/h5-8,11,13H,9-10,12,20H2,1-4H3,(H,22,23);2*1H. The van der Waals surface area contributed by atoms with Gasteiger partial charge in [-0.2, -0.15) is 0 Å². The van der Waals surface area contributed by atoms with Crippen molar-refractivity contribution in [1.29, 1.82) is 0 Å². The SMILES string of the molecule is Cc1cccc(-c2nc(CC(=O)NC(C)(CN)CC(C)C)cs2)c1.Cl.Cl. The van der Waals surface area contributed by atoms with Gasteiger partial charge in [0, 0.05) is 23.0 Å². The molecule has 0 spiro atoms. The van der Waals surface area contributed by atoms with Crippen molar-refractivity contribution in [2.45, 2.75) is 46.1 Å². The molecule has 1 aromatic heterocycles. The molecule has 0 fully saturated rings. The third-order valence-electron chi connectivity index (χ3n) is 3.91. The van der Waals surface area contributed by atoms with Crippen LogP contribution in [0.2, 0.25) is 0 Å². The second kappa shape index (κ2) is 10.9. The van der Waals surface area contributed by atoms with Gasteiger partial charge >= 0.3 is 0 Å². The van der Waals surface area contributed by atoms with Crippen molar-refractivity contribution in [3.8, 4) is 10.6 Å². The zero-order valence-corrected chi connectivity index (χ0v) is 18.2. The molecule has 1 heterocycles. The van der Waals surface area contributed by atoms with Crippen LogP contribution in [0.4, 0.5) is 0 Å². The molecule has 0 aliphatic carbocycles. The number of nitrogens with two attached hydrogens (primary N) is 1. The van der Waals surface area contributed by atoms with Crippen molar-refractivity contribution in [3.63, 3.8) is 0 Å². The number of benzene rings is 1. The van der Waals surface area contributed by atoms with Crippen LogP contribution >= 0.6 is 36.2 Å². The molecule has 1 amide bonds. The normalized spacial score (nSPS) is 12.7. The van der Waals surface area contributed by atoms with E-state index in [0.29, 0.717) is 12.5 Å². The van der Waals surface area contributed by atoms with E-state index in [2.05, 4.69) is 43.2 Å². The number of carbonyl (C=O) groups is 1. The van der Waals surface area contributed by atoms with Crippen LogP contribution in [0, 0.1) is 12.8 Å². The average molecular weight is 418 g/mol. The number of carbonyl (C=O) groups excluding carboxylic acids is 1. The third kappa shape index (κ3) is 7.23. The molecular formula is C19H29Cl2N3OS. The highest BCUT2D eigenvalue weighted by Crippen LogP contribution is 2.24. The summed E-state index contributed by atoms with van der Waals surface area (Å²) in [6.45, 7) is 8.77. The van der Waals surface area contributed by atoms with E-state index in [1.165, 1.54) is 5.56 Å². The Morgan fingerprint density at radius 3 is 2.62 bits per heavy atom. The summed E-state index contributed by atoms with van der Waals surface area (Å²) in [5, 5.41) is 5.99. The Labute approximate surface area is 172 Å². The predicted octanol–water partition coefficient (Wildman–Crippen LogP) is 4.38. The maximum Gasteiger partial charge on any atom is 0.226 e. The van der Waals surface area contributed by atoms with E-state index in [9.17, 15) is 4.79 Å². The van der Waals surface area contributed by atoms with Gasteiger partial charge in [-0.05, 0) is 32.3 Å². The Morgan fingerprint density at radius 2 is 2.04 bits per heavy atom. The van der Waals surface area contributed by atoms with Gasteiger partial charge in [-0.25, -0.2) is 4.98 Å². The summed E-state index contributed by atoms with van der Waals surface area (Å²) in [6.07, 6.45) is 1.15. The third-order valence-corrected chi connectivity index (χ3v) is 4.85. The molecule has 0 aliphatic heterocycles. The zero-order chi connectivity index (χ0) is 17.7. The molecule has 0 saturated heterocycles. The molecule has 1 unspecified atom stereocenters. The zero-order valence-electron chi connectivity index (χ0n) is 15.7. The number of aromatic nitrogens is 1. The number of rotatable bonds is 7. The van der Waals surface area contributed by atoms with E-state index in [1.807, 2.05) is 24.4 Å². The fraction of sp³-hybridized carbons (Fsp3) is 0.474. The minimum Gasteiger partial charge on any atom is -0.349 e. The molecule has 0 aliphatic rings. The summed E-state index contributed by atoms with van der Waals surface area (Å²) >= 11 is 1.57. The van der Waals surface area contributed by atoms with Gasteiger partial charge in [0.25, 0.3) is 0 Å². The van der Waals surface area contributed by atoms with Gasteiger partial charge in [0.05, 0.1) is 12.1 Å². The molecular weight excluding hydrogens is 389 g/mol. The molecule has 0 radical (unpaired) electrons. The summed E-state index contributed by atoms with van der Waals surface area (Å²) in [7, 11) is 0. The minimum atomic E-state index is -0.360. The number of nitrogens with zero attached hydrogens (tertiary/aromatic N) is 1. The first-order chi connectivity index (χ1) is 11.3. The lowest BCUT2D eigenvalue weighted by Crippen LogP contribution is -2.52. The van der Waals surface area contributed by atoms with Gasteiger partial charge in [0.1, 0.15) is 5.01 Å². The van der Waals surface area contributed by atoms with Crippen molar-refractivity contribution in [3.05, 3.63) is 40.9 Å². The quantitative estimate of drug-likeness (QED) is 0.701. The van der Waals surface area contributed by atoms with E-state index in [0.717, 1.165) is 22.7 Å². The number of nitrogens with one attached hydrogen (secondary N) is 1. The van der Waals surface area contributed by atoms with E-state index in [1.54, 1.807) is 11.3 Å². The summed E-state index contributed by atoms with van der Waals surface area (Å²) in [4.78, 5) is 17.0. The largest absolute Gasteiger partial charge is 0.349 e. The van der Waals surface area contributed by atoms with Crippen LogP contribution in [0.15, 0.2) is 29.6 Å². The van der Waals surface area contributed by atoms with Crippen molar-refractivity contribution >= 4 is 42.1 Å². The fourth-order valence-corrected chi connectivity index (χ4v) is 3.75. The maximum atomic E-state index is 12.4. The first-order valence-corrected chi connectivity index (χ1v) is 9.22. The number of thiazole rings is 1. The van der Waals surface area contributed by atoms with Gasteiger partial charge in [-0.1, -0.05) is 37.6 Å². The van der Waals surface area contributed by atoms with Crippen LogP contribution in [-0.4, -0.2) is 23.0 Å². The first-order valence-electron chi connectivity index (χ1n) is 8.34. The number of amides is 1. The summed E-state index contributed by atoms with van der Waals surface area (Å²) in [5.41, 5.74) is 8.60. The molecule has 4 nitrogen and oxygen atoms in total. The Balaban J connectivity index is 0.00000312. The lowest BCUT2D eigenvalue weighted by atomic mass is 9.90. The molecule has 7 heteroatoms. The molecule has 1 atom stereocenters. The van der Waals surface area contributed by atoms with Crippen LogP contribution in [-0.2, 0) is 11.2 Å². The molecule has 2 rings (SSSR count). The molecule has 0 bridgehead atoms. The molecule has 2 aromatic rings. The lowest BCUT2D eigenvalue weighted by Gasteiger charge is -2.31. The Bertz CT molecular complexity index is 706. The first kappa shape index (κ1) is 24.9. The van der Waals surface area contributed by atoms with Gasteiger partial charge in [0.15, 0.2) is 0 Å². The average Bonchev–Trinajstić information content (AvgIpc) is 2.94. The maximum absolute atomic E-state index is 12.4. The van der Waals surface area contributed by atoms with Crippen LogP contribution < -0.4 is 11.1 Å². The lowest BCUT2D eigenvalue weighted by molar-refractivity contribution is -0.122. The van der Waals surface area contributed by atoms with Gasteiger partial charge < -0.3 is 11.1 Å². The topological polar surface area (TPSA) is 68.0 Å². The van der Waals surface area contributed by atoms with Crippen molar-refractivity contribution in [2.75, 3.05) is 6.54 Å². The summed E-state index contributed by atoms with van der Waals surface area (Å²) in [6, 6.07) is 8.24. The predicted molar refractivity (Wildman–Crippen MR) is 116 cm³/mol. The van der Waals surface area contributed by atoms with E-state index < -0.39 is 0 Å². The van der Waals surface area contributed by atoms with E-state index in [-0.39, 0.29) is 42.7 Å². The highest BCUT2D eigenvalue weighted by Gasteiger charge is 2.26. The number of hydrogen-bond acceptors (Lipinski definition) is 4. The van der Waals surface area contributed by atoms with Crippen molar-refractivity contribution in [2.24, 2.45) is 11.7 Å². The molecule has 1 aromatic carbocycles. The fourth-order valence-electron chi connectivity index (χ4n) is 2.93. The highest BCUT2D eigenvalue weighted by atomic mass is 35.5. The monoisotopic (exact) mass is 417 g/mol. The van der Waals surface area contributed by atoms with E-state index in [4.69, 9.17) is 5.73 Å². The Morgan fingerprint density at radius 1 is 1.35 bits per heavy atom. The second-order valence-corrected chi connectivity index (χ2v) is 7.96. The van der Waals surface area contributed by atoms with Crippen LogP contribution in [0.1, 0.15) is 38.4 Å². The van der Waals surface area contributed by atoms with Crippen molar-refractivity contribution < 1.29 is 4.79 Å². The van der Waals surface area contributed by atoms with Crippen LogP contribution in [0.3, 0.4) is 0 Å². The Kier molecular flexibility index (Phi) is 10.4. The van der Waals surface area contributed by atoms with Gasteiger partial charge in [-0.3, -0.25) is 4.79 Å². The minimum absolute atomic E-state index is 0. The highest BCUT2D eigenvalue weighted by molar-refractivity contribution is 7.13. The Hall–Kier alpha value is -1.14. The number of hydrogen-bond donors (Lipinski definition) is 2. The molecule has 146 valence electrons. The van der Waals surface area contributed by atoms with Crippen molar-refractivity contribution in [1.82, 2.24) is 10.3 Å².